The first-order valence-corrected chi connectivity index (χ1v) is 17.0. The van der Waals surface area contributed by atoms with E-state index in [9.17, 15) is 10.1 Å². The minimum atomic E-state index is -0.618. The molecule has 0 spiro atoms. The van der Waals surface area contributed by atoms with Crippen LogP contribution in [-0.4, -0.2) is 89.0 Å². The second-order valence-corrected chi connectivity index (χ2v) is 15.0. The number of aryl methyl sites for hydroxylation is 1. The Morgan fingerprint density at radius 3 is 2.65 bits per heavy atom. The van der Waals surface area contributed by atoms with Crippen molar-refractivity contribution in [3.8, 4) is 23.3 Å². The van der Waals surface area contributed by atoms with Crippen LogP contribution < -0.4 is 15.4 Å². The Bertz CT molecular complexity index is 1620. The molecule has 0 bridgehead atoms. The molecule has 12 nitrogen and oxygen atoms in total. The predicted molar refractivity (Wildman–Crippen MR) is 176 cm³/mol. The van der Waals surface area contributed by atoms with Gasteiger partial charge >= 0.3 is 6.09 Å². The van der Waals surface area contributed by atoms with E-state index in [1.807, 2.05) is 32.9 Å². The number of nitrogens with two attached hydrogens (primary N) is 1. The second-order valence-electron chi connectivity index (χ2n) is 13.8. The first kappa shape index (κ1) is 32.1. The number of nitrogen functional groups attached to an aromatic ring is 1. The van der Waals surface area contributed by atoms with E-state index in [4.69, 9.17) is 29.7 Å². The van der Waals surface area contributed by atoms with Gasteiger partial charge in [-0.3, -0.25) is 0 Å². The van der Waals surface area contributed by atoms with E-state index < -0.39 is 11.0 Å². The molecule has 0 radical (unpaired) electrons. The van der Waals surface area contributed by atoms with Crippen molar-refractivity contribution >= 4 is 28.2 Å². The zero-order valence-electron chi connectivity index (χ0n) is 27.5. The first-order valence-electron chi connectivity index (χ1n) is 16.2. The van der Waals surface area contributed by atoms with Crippen LogP contribution in [0.4, 0.5) is 15.6 Å². The summed E-state index contributed by atoms with van der Waals surface area (Å²) >= 11 is 1.48. The molecule has 3 aromatic rings. The lowest BCUT2D eigenvalue weighted by atomic mass is 9.72. The maximum absolute atomic E-state index is 12.7. The molecule has 3 aliphatic rings. The third-order valence-electron chi connectivity index (χ3n) is 9.12. The number of pyridine rings is 1. The van der Waals surface area contributed by atoms with Gasteiger partial charge in [0.2, 0.25) is 11.7 Å². The summed E-state index contributed by atoms with van der Waals surface area (Å²) in [4.78, 5) is 30.1. The van der Waals surface area contributed by atoms with Gasteiger partial charge in [-0.15, -0.1) is 11.3 Å². The highest BCUT2D eigenvalue weighted by molar-refractivity contribution is 7.16. The number of likely N-dealkylation sites (N-methyl/N-ethyl adjacent to an activating group) is 1. The summed E-state index contributed by atoms with van der Waals surface area (Å²) in [5.74, 6) is 2.32. The molecule has 3 aromatic heterocycles. The number of hydrogen-bond donors (Lipinski definition) is 1. The van der Waals surface area contributed by atoms with Gasteiger partial charge in [-0.05, 0) is 66.8 Å². The maximum Gasteiger partial charge on any atom is 0.410 e. The number of anilines is 2. The fourth-order valence-electron chi connectivity index (χ4n) is 6.62. The number of fused-ring (bicyclic) bond motifs is 1. The second kappa shape index (κ2) is 12.7. The molecule has 2 saturated heterocycles. The summed E-state index contributed by atoms with van der Waals surface area (Å²) < 4.78 is 18.2. The molecule has 6 rings (SSSR count). The lowest BCUT2D eigenvalue weighted by Gasteiger charge is -2.33. The Morgan fingerprint density at radius 2 is 1.91 bits per heavy atom. The molecule has 246 valence electrons. The Balaban J connectivity index is 1.28. The van der Waals surface area contributed by atoms with Crippen LogP contribution in [-0.2, 0) is 16.6 Å². The maximum atomic E-state index is 12.7. The molecule has 2 atom stereocenters. The fraction of sp³-hybridized carbons (Fsp3) is 0.606. The number of piperazine rings is 1. The molecule has 1 amide bonds. The van der Waals surface area contributed by atoms with Crippen LogP contribution >= 0.6 is 11.3 Å². The largest absolute Gasteiger partial charge is 0.490 e. The highest BCUT2D eigenvalue weighted by Crippen LogP contribution is 2.48. The first-order chi connectivity index (χ1) is 21.9. The number of nitriles is 1. The van der Waals surface area contributed by atoms with Gasteiger partial charge in [0, 0.05) is 68.3 Å². The molecular formula is C33H44N8O4S. The zero-order valence-corrected chi connectivity index (χ0v) is 28.3. The molecule has 13 heteroatoms. The highest BCUT2D eigenvalue weighted by atomic mass is 32.1. The predicted octanol–water partition coefficient (Wildman–Crippen LogP) is 5.21. The van der Waals surface area contributed by atoms with Gasteiger partial charge in [0.25, 0.3) is 0 Å². The Labute approximate surface area is 274 Å². The van der Waals surface area contributed by atoms with Crippen molar-refractivity contribution in [2.75, 3.05) is 56.9 Å². The smallest absolute Gasteiger partial charge is 0.410 e. The third-order valence-corrected chi connectivity index (χ3v) is 10.2. The van der Waals surface area contributed by atoms with E-state index >= 15 is 0 Å². The van der Waals surface area contributed by atoms with Gasteiger partial charge in [0.05, 0.1) is 11.0 Å². The average Bonchev–Trinajstić information content (AvgIpc) is 3.56. The SMILES string of the molecule is CN1CCN(c2cc(OC3CCCN(C(=O)OC(C)(C)C)CC3)cc(-c3noc(C4(C)CCCc5sc(N)c(C#N)c54)n3)n2)CC1. The van der Waals surface area contributed by atoms with Crippen LogP contribution in [0.3, 0.4) is 0 Å². The van der Waals surface area contributed by atoms with Gasteiger partial charge in [-0.25, -0.2) is 9.78 Å². The molecular weight excluding hydrogens is 604 g/mol. The number of carbonyl (C=O) groups is 1. The Morgan fingerprint density at radius 1 is 1.13 bits per heavy atom. The quantitative estimate of drug-likeness (QED) is 0.389. The number of hydrogen-bond acceptors (Lipinski definition) is 12. The number of aromatic nitrogens is 3. The fourth-order valence-corrected chi connectivity index (χ4v) is 7.81. The lowest BCUT2D eigenvalue weighted by Crippen LogP contribution is -2.44. The summed E-state index contributed by atoms with van der Waals surface area (Å²) in [7, 11) is 2.12. The van der Waals surface area contributed by atoms with Gasteiger partial charge in [0.1, 0.15) is 40.0 Å². The van der Waals surface area contributed by atoms with Crippen molar-refractivity contribution in [1.82, 2.24) is 24.9 Å². The number of carbonyl (C=O) groups excluding carboxylic acids is 1. The van der Waals surface area contributed by atoms with E-state index in [-0.39, 0.29) is 12.2 Å². The minimum Gasteiger partial charge on any atom is -0.490 e. The molecule has 2 fully saturated rings. The number of nitrogens with zero attached hydrogens (tertiary/aromatic N) is 7. The van der Waals surface area contributed by atoms with Crippen molar-refractivity contribution in [1.29, 1.82) is 5.26 Å². The van der Waals surface area contributed by atoms with Gasteiger partial charge in [-0.1, -0.05) is 5.16 Å². The van der Waals surface area contributed by atoms with E-state index in [2.05, 4.69) is 35.0 Å². The van der Waals surface area contributed by atoms with E-state index in [1.165, 1.54) is 11.3 Å². The number of amides is 1. The van der Waals surface area contributed by atoms with Crippen LogP contribution in [0.2, 0.25) is 0 Å². The van der Waals surface area contributed by atoms with Gasteiger partial charge < -0.3 is 34.4 Å². The molecule has 2 unspecified atom stereocenters. The van der Waals surface area contributed by atoms with Crippen molar-refractivity contribution in [2.24, 2.45) is 0 Å². The number of likely N-dealkylation sites (tertiary alicyclic amines) is 1. The molecule has 46 heavy (non-hydrogen) atoms. The van der Waals surface area contributed by atoms with Crippen molar-refractivity contribution in [3.63, 3.8) is 0 Å². The molecule has 1 aliphatic carbocycles. The average molecular weight is 649 g/mol. The Hall–Kier alpha value is -3.89. The number of rotatable bonds is 5. The standard InChI is InChI=1S/C33H44N8O4S/c1-32(2,3)44-31(42)41-12-7-8-21(10-13-41)43-22-18-24(36-26(19-22)40-16-14-39(5)15-17-40)29-37-30(45-38-29)33(4)11-6-9-25-27(33)23(20-34)28(35)46-25/h18-19,21H,6-17,35H2,1-5H3. The van der Waals surface area contributed by atoms with Gasteiger partial charge in [0.15, 0.2) is 0 Å². The molecule has 0 saturated carbocycles. The molecule has 5 heterocycles. The summed E-state index contributed by atoms with van der Waals surface area (Å²) in [6.45, 7) is 12.5. The Kier molecular flexibility index (Phi) is 8.87. The summed E-state index contributed by atoms with van der Waals surface area (Å²) in [6, 6.07) is 6.18. The zero-order chi connectivity index (χ0) is 32.6. The summed E-state index contributed by atoms with van der Waals surface area (Å²) in [5, 5.41) is 14.9. The van der Waals surface area contributed by atoms with Crippen LogP contribution in [0.1, 0.15) is 81.7 Å². The van der Waals surface area contributed by atoms with E-state index in [1.54, 1.807) is 4.90 Å². The minimum absolute atomic E-state index is 0.0723. The van der Waals surface area contributed by atoms with Crippen LogP contribution in [0, 0.1) is 11.3 Å². The molecule has 0 aromatic carbocycles. The summed E-state index contributed by atoms with van der Waals surface area (Å²) in [5.41, 5.74) is 7.09. The normalized spacial score (nSPS) is 22.6. The van der Waals surface area contributed by atoms with Crippen LogP contribution in [0.5, 0.6) is 5.75 Å². The van der Waals surface area contributed by atoms with E-state index in [0.29, 0.717) is 53.2 Å². The molecule has 2 N–H and O–H groups in total. The monoisotopic (exact) mass is 648 g/mol. The highest BCUT2D eigenvalue weighted by Gasteiger charge is 2.43. The number of ether oxygens (including phenoxy) is 2. The van der Waals surface area contributed by atoms with Gasteiger partial charge in [-0.2, -0.15) is 10.2 Å². The van der Waals surface area contributed by atoms with Crippen molar-refractivity contribution < 1.29 is 18.8 Å². The topological polar surface area (TPSA) is 147 Å². The van der Waals surface area contributed by atoms with Crippen LogP contribution in [0.15, 0.2) is 16.7 Å². The van der Waals surface area contributed by atoms with Crippen molar-refractivity contribution in [2.45, 2.75) is 83.3 Å². The molecule has 2 aliphatic heterocycles. The van der Waals surface area contributed by atoms with E-state index in [0.717, 1.165) is 74.5 Å². The van der Waals surface area contributed by atoms with Crippen molar-refractivity contribution in [3.05, 3.63) is 34.0 Å². The summed E-state index contributed by atoms with van der Waals surface area (Å²) in [6.07, 6.45) is 4.57. The lowest BCUT2D eigenvalue weighted by molar-refractivity contribution is 0.0252. The number of thiophene rings is 1. The third kappa shape index (κ3) is 6.64. The van der Waals surface area contributed by atoms with Crippen LogP contribution in [0.25, 0.3) is 11.5 Å².